The van der Waals surface area contributed by atoms with Gasteiger partial charge in [0.25, 0.3) is 5.82 Å². The molecule has 0 bridgehead atoms. The van der Waals surface area contributed by atoms with Crippen LogP contribution < -0.4 is 0 Å². The molecule has 1 heterocycles. The smallest absolute Gasteiger partial charge is 0.378 e. The van der Waals surface area contributed by atoms with E-state index in [0.717, 1.165) is 0 Å². The Morgan fingerprint density at radius 1 is 1.75 bits per heavy atom. The molecule has 0 spiro atoms. The third kappa shape index (κ3) is 1.52. The lowest BCUT2D eigenvalue weighted by Gasteiger charge is -1.93. The Morgan fingerprint density at radius 2 is 2.42 bits per heavy atom. The Balaban J connectivity index is 2.82. The van der Waals surface area contributed by atoms with E-state index in [1.54, 1.807) is 6.92 Å². The lowest BCUT2D eigenvalue weighted by Crippen LogP contribution is -2.07. The fourth-order valence-electron chi connectivity index (χ4n) is 0.665. The van der Waals surface area contributed by atoms with E-state index in [4.69, 9.17) is 5.21 Å². The molecule has 0 aliphatic carbocycles. The fourth-order valence-corrected chi connectivity index (χ4v) is 0.665. The first-order valence-electron chi connectivity index (χ1n) is 3.45. The van der Waals surface area contributed by atoms with Gasteiger partial charge in [0, 0.05) is 0 Å². The van der Waals surface area contributed by atoms with Gasteiger partial charge in [0.1, 0.15) is 0 Å². The molecular formula is C6H9N3O3. The molecule has 6 heteroatoms. The monoisotopic (exact) mass is 171 g/mol. The largest absolute Gasteiger partial charge is 0.460 e. The molecule has 0 saturated heterocycles. The Bertz CT molecular complexity index is 275. The van der Waals surface area contributed by atoms with E-state index in [1.165, 1.54) is 6.92 Å². The van der Waals surface area contributed by atoms with Crippen LogP contribution in [0.2, 0.25) is 0 Å². The minimum atomic E-state index is -0.631. The van der Waals surface area contributed by atoms with E-state index in [-0.39, 0.29) is 18.3 Å². The van der Waals surface area contributed by atoms with Crippen molar-refractivity contribution < 1.29 is 14.7 Å². The summed E-state index contributed by atoms with van der Waals surface area (Å²) in [5.74, 6) is -0.511. The van der Waals surface area contributed by atoms with Crippen molar-refractivity contribution in [2.45, 2.75) is 13.8 Å². The van der Waals surface area contributed by atoms with Crippen LogP contribution in [0.1, 0.15) is 23.4 Å². The quantitative estimate of drug-likeness (QED) is 0.500. The average Bonchev–Trinajstić information content (AvgIpc) is 2.33. The highest BCUT2D eigenvalue weighted by Crippen LogP contribution is 1.96. The highest BCUT2D eigenvalue weighted by molar-refractivity contribution is 5.84. The molecule has 1 rings (SSSR count). The first-order chi connectivity index (χ1) is 5.65. The van der Waals surface area contributed by atoms with Gasteiger partial charge in [0.2, 0.25) is 0 Å². The summed E-state index contributed by atoms with van der Waals surface area (Å²) in [4.78, 5) is 15.1. The molecule has 0 saturated carbocycles. The van der Waals surface area contributed by atoms with E-state index in [0.29, 0.717) is 4.85 Å². The maximum Gasteiger partial charge on any atom is 0.378 e. The molecule has 0 aromatic carbocycles. The minimum Gasteiger partial charge on any atom is -0.460 e. The number of carbonyl (C=O) groups excluding carboxylic acids is 1. The van der Waals surface area contributed by atoms with Crippen molar-refractivity contribution in [1.29, 1.82) is 0 Å². The van der Waals surface area contributed by atoms with Crippen LogP contribution >= 0.6 is 0 Å². The zero-order valence-electron chi connectivity index (χ0n) is 6.81. The molecule has 0 atom stereocenters. The maximum atomic E-state index is 10.9. The second kappa shape index (κ2) is 3.21. The number of hydrogen-bond acceptors (Lipinski definition) is 5. The van der Waals surface area contributed by atoms with Gasteiger partial charge in [-0.3, -0.25) is 0 Å². The molecule has 0 aliphatic rings. The standard InChI is InChI=1S/C6H9N3O3/c1-3-12-6(10)5-7-4(2)9(11)8-5/h11H,3H2,1-2H3. The van der Waals surface area contributed by atoms with Crippen LogP contribution in [-0.4, -0.2) is 32.7 Å². The molecule has 0 radical (unpaired) electrons. The number of esters is 1. The van der Waals surface area contributed by atoms with Crippen LogP contribution in [0.15, 0.2) is 0 Å². The molecule has 0 unspecified atom stereocenters. The van der Waals surface area contributed by atoms with Crippen molar-refractivity contribution in [3.8, 4) is 0 Å². The first-order valence-corrected chi connectivity index (χ1v) is 3.45. The third-order valence-electron chi connectivity index (χ3n) is 1.20. The fraction of sp³-hybridized carbons (Fsp3) is 0.500. The Labute approximate surface area is 68.7 Å². The van der Waals surface area contributed by atoms with Crippen LogP contribution in [0.4, 0.5) is 0 Å². The van der Waals surface area contributed by atoms with E-state index >= 15 is 0 Å². The summed E-state index contributed by atoms with van der Waals surface area (Å²) in [6.45, 7) is 3.47. The maximum absolute atomic E-state index is 10.9. The van der Waals surface area contributed by atoms with Crippen molar-refractivity contribution >= 4 is 5.97 Å². The summed E-state index contributed by atoms with van der Waals surface area (Å²) in [5, 5.41) is 12.3. The molecule has 12 heavy (non-hydrogen) atoms. The van der Waals surface area contributed by atoms with Gasteiger partial charge < -0.3 is 9.94 Å². The average molecular weight is 171 g/mol. The molecule has 1 N–H and O–H groups in total. The molecular weight excluding hydrogens is 162 g/mol. The van der Waals surface area contributed by atoms with Crippen molar-refractivity contribution in [1.82, 2.24) is 14.9 Å². The number of nitrogens with zero attached hydrogens (tertiary/aromatic N) is 3. The number of ether oxygens (including phenoxy) is 1. The number of rotatable bonds is 2. The Hall–Kier alpha value is -1.59. The molecule has 6 nitrogen and oxygen atoms in total. The van der Waals surface area contributed by atoms with Gasteiger partial charge in [-0.05, 0) is 13.8 Å². The van der Waals surface area contributed by atoms with Crippen molar-refractivity contribution in [3.63, 3.8) is 0 Å². The summed E-state index contributed by atoms with van der Waals surface area (Å²) in [5.41, 5.74) is 0. The van der Waals surface area contributed by atoms with E-state index in [9.17, 15) is 4.79 Å². The summed E-state index contributed by atoms with van der Waals surface area (Å²) in [6.07, 6.45) is 0. The van der Waals surface area contributed by atoms with Gasteiger partial charge in [-0.1, -0.05) is 4.85 Å². The first kappa shape index (κ1) is 8.51. The van der Waals surface area contributed by atoms with E-state index in [1.807, 2.05) is 0 Å². The number of aromatic nitrogens is 3. The number of hydrogen-bond donors (Lipinski definition) is 1. The summed E-state index contributed by atoms with van der Waals surface area (Å²) in [7, 11) is 0. The highest BCUT2D eigenvalue weighted by Gasteiger charge is 2.14. The predicted octanol–water partition coefficient (Wildman–Crippen LogP) is 0.000520. The Morgan fingerprint density at radius 3 is 2.83 bits per heavy atom. The molecule has 66 valence electrons. The van der Waals surface area contributed by atoms with Crippen molar-refractivity contribution in [2.75, 3.05) is 6.61 Å². The number of aryl methyl sites for hydroxylation is 1. The van der Waals surface area contributed by atoms with Crippen LogP contribution in [0.3, 0.4) is 0 Å². The molecule has 1 aromatic rings. The minimum absolute atomic E-state index is 0.128. The van der Waals surface area contributed by atoms with Gasteiger partial charge in [0.15, 0.2) is 5.82 Å². The molecule has 0 aliphatic heterocycles. The summed E-state index contributed by atoms with van der Waals surface area (Å²) < 4.78 is 4.61. The van der Waals surface area contributed by atoms with Crippen molar-refractivity contribution in [2.24, 2.45) is 0 Å². The second-order valence-electron chi connectivity index (χ2n) is 2.09. The summed E-state index contributed by atoms with van der Waals surface area (Å²) >= 11 is 0. The van der Waals surface area contributed by atoms with Gasteiger partial charge in [-0.2, -0.15) is 0 Å². The van der Waals surface area contributed by atoms with Gasteiger partial charge in [-0.25, -0.2) is 9.78 Å². The molecule has 1 aromatic heterocycles. The van der Waals surface area contributed by atoms with E-state index < -0.39 is 5.97 Å². The van der Waals surface area contributed by atoms with Crippen LogP contribution in [0, 0.1) is 6.92 Å². The second-order valence-corrected chi connectivity index (χ2v) is 2.09. The van der Waals surface area contributed by atoms with Crippen LogP contribution in [0.5, 0.6) is 0 Å². The zero-order chi connectivity index (χ0) is 9.14. The zero-order valence-corrected chi connectivity index (χ0v) is 6.81. The lowest BCUT2D eigenvalue weighted by atomic mass is 10.6. The summed E-state index contributed by atoms with van der Waals surface area (Å²) in [6, 6.07) is 0. The molecule has 0 amide bonds. The topological polar surface area (TPSA) is 77.2 Å². The van der Waals surface area contributed by atoms with Crippen LogP contribution in [0.25, 0.3) is 0 Å². The SMILES string of the molecule is CCOC(=O)c1nc(C)n(O)n1. The predicted molar refractivity (Wildman–Crippen MR) is 37.9 cm³/mol. The number of carbonyl (C=O) groups is 1. The molecule has 0 fully saturated rings. The van der Waals surface area contributed by atoms with Gasteiger partial charge >= 0.3 is 5.97 Å². The Kier molecular flexibility index (Phi) is 2.27. The van der Waals surface area contributed by atoms with Gasteiger partial charge in [-0.15, -0.1) is 5.10 Å². The van der Waals surface area contributed by atoms with Crippen molar-refractivity contribution in [3.05, 3.63) is 11.6 Å². The lowest BCUT2D eigenvalue weighted by molar-refractivity contribution is 0.0504. The normalized spacial score (nSPS) is 9.83. The van der Waals surface area contributed by atoms with Crippen LogP contribution in [-0.2, 0) is 4.74 Å². The highest BCUT2D eigenvalue weighted by atomic mass is 16.5. The van der Waals surface area contributed by atoms with Gasteiger partial charge in [0.05, 0.1) is 6.61 Å². The third-order valence-corrected chi connectivity index (χ3v) is 1.20. The van der Waals surface area contributed by atoms with E-state index in [2.05, 4.69) is 14.8 Å².